The fourth-order valence-electron chi connectivity index (χ4n) is 4.49. The van der Waals surface area contributed by atoms with Gasteiger partial charge in [-0.05, 0) is 36.1 Å². The molecule has 0 spiro atoms. The average molecular weight is 471 g/mol. The number of rotatable bonds is 20. The van der Waals surface area contributed by atoms with Gasteiger partial charge in [0.2, 0.25) is 0 Å². The summed E-state index contributed by atoms with van der Waals surface area (Å²) >= 11 is 4.29. The highest BCUT2D eigenvalue weighted by Crippen LogP contribution is 2.16. The Labute approximate surface area is 210 Å². The Kier molecular flexibility index (Phi) is 16.1. The van der Waals surface area contributed by atoms with E-state index in [0.717, 1.165) is 18.8 Å². The Bertz CT molecular complexity index is 696. The Morgan fingerprint density at radius 2 is 0.818 bits per heavy atom. The highest BCUT2D eigenvalue weighted by molar-refractivity contribution is 7.80. The van der Waals surface area contributed by atoms with E-state index in [1.54, 1.807) is 0 Å². The summed E-state index contributed by atoms with van der Waals surface area (Å²) in [7, 11) is 0. The molecule has 2 nitrogen and oxygen atoms in total. The number of aryl methyl sites for hydroxylation is 2. The molecule has 0 unspecified atom stereocenters. The van der Waals surface area contributed by atoms with E-state index in [1.807, 2.05) is 0 Å². The predicted molar refractivity (Wildman–Crippen MR) is 146 cm³/mol. The number of hydrogen-bond acceptors (Lipinski definition) is 1. The van der Waals surface area contributed by atoms with Crippen molar-refractivity contribution in [2.75, 3.05) is 5.75 Å². The molecule has 0 saturated carbocycles. The second kappa shape index (κ2) is 19.0. The summed E-state index contributed by atoms with van der Waals surface area (Å²) in [5.41, 5.74) is 2.61. The van der Waals surface area contributed by atoms with Crippen LogP contribution in [0.4, 0.5) is 0 Å². The maximum absolute atomic E-state index is 4.29. The molecule has 0 aliphatic carbocycles. The molecule has 0 radical (unpaired) electrons. The highest BCUT2D eigenvalue weighted by atomic mass is 32.1. The summed E-state index contributed by atoms with van der Waals surface area (Å²) in [6.07, 6.45) is 30.9. The number of hydrogen-bond donors (Lipinski definition) is 1. The van der Waals surface area contributed by atoms with Crippen LogP contribution in [0.2, 0.25) is 0 Å². The van der Waals surface area contributed by atoms with Crippen LogP contribution < -0.4 is 9.13 Å². The van der Waals surface area contributed by atoms with E-state index in [2.05, 4.69) is 77.7 Å². The van der Waals surface area contributed by atoms with Crippen LogP contribution in [0.25, 0.3) is 11.1 Å². The van der Waals surface area contributed by atoms with Gasteiger partial charge in [0.25, 0.3) is 0 Å². The van der Waals surface area contributed by atoms with Crippen molar-refractivity contribution < 1.29 is 9.13 Å². The summed E-state index contributed by atoms with van der Waals surface area (Å²) < 4.78 is 4.65. The summed E-state index contributed by atoms with van der Waals surface area (Å²) in [5, 5.41) is 0. The molecule has 2 rings (SSSR count). The summed E-state index contributed by atoms with van der Waals surface area (Å²) in [6, 6.07) is 9.02. The van der Waals surface area contributed by atoms with E-state index in [4.69, 9.17) is 0 Å². The van der Waals surface area contributed by atoms with Gasteiger partial charge in [0, 0.05) is 37.1 Å². The molecule has 2 aromatic rings. The van der Waals surface area contributed by atoms with E-state index < -0.39 is 0 Å². The van der Waals surface area contributed by atoms with Crippen molar-refractivity contribution in [1.29, 1.82) is 0 Å². The van der Waals surface area contributed by atoms with Gasteiger partial charge in [0.15, 0.2) is 24.8 Å². The van der Waals surface area contributed by atoms with Crippen molar-refractivity contribution >= 4 is 12.6 Å². The molecular weight excluding hydrogens is 420 g/mol. The molecule has 184 valence electrons. The lowest BCUT2D eigenvalue weighted by Crippen LogP contribution is -2.33. The van der Waals surface area contributed by atoms with Gasteiger partial charge in [-0.2, -0.15) is 12.6 Å². The van der Waals surface area contributed by atoms with Crippen LogP contribution in [0.5, 0.6) is 0 Å². The zero-order valence-corrected chi connectivity index (χ0v) is 22.3. The van der Waals surface area contributed by atoms with Gasteiger partial charge in [0.05, 0.1) is 0 Å². The summed E-state index contributed by atoms with van der Waals surface area (Å²) in [6.45, 7) is 4.54. The molecule has 0 saturated heterocycles. The minimum atomic E-state index is 1.01. The zero-order chi connectivity index (χ0) is 23.4. The molecule has 33 heavy (non-hydrogen) atoms. The lowest BCUT2D eigenvalue weighted by atomic mass is 10.1. The molecule has 0 aromatic carbocycles. The molecule has 0 fully saturated rings. The molecule has 0 N–H and O–H groups in total. The number of thiol groups is 1. The normalized spacial score (nSPS) is 11.2. The summed E-state index contributed by atoms with van der Waals surface area (Å²) in [4.78, 5) is 0. The third kappa shape index (κ3) is 13.2. The predicted octanol–water partition coefficient (Wildman–Crippen LogP) is 8.12. The smallest absolute Gasteiger partial charge is 0.169 e. The van der Waals surface area contributed by atoms with Gasteiger partial charge in [-0.3, -0.25) is 0 Å². The lowest BCUT2D eigenvalue weighted by molar-refractivity contribution is -0.697. The first kappa shape index (κ1) is 27.9. The summed E-state index contributed by atoms with van der Waals surface area (Å²) in [5.74, 6) is 1.01. The quantitative estimate of drug-likeness (QED) is 0.113. The second-order valence-electron chi connectivity index (χ2n) is 9.68. The molecule has 2 heterocycles. The van der Waals surface area contributed by atoms with Crippen LogP contribution in [0.3, 0.4) is 0 Å². The second-order valence-corrected chi connectivity index (χ2v) is 10.1. The minimum absolute atomic E-state index is 1.01. The van der Waals surface area contributed by atoms with Gasteiger partial charge in [-0.15, -0.1) is 0 Å². The van der Waals surface area contributed by atoms with Crippen molar-refractivity contribution in [3.05, 3.63) is 49.1 Å². The van der Waals surface area contributed by atoms with Gasteiger partial charge in [0.1, 0.15) is 13.1 Å². The number of pyridine rings is 2. The van der Waals surface area contributed by atoms with Crippen LogP contribution >= 0.6 is 12.6 Å². The van der Waals surface area contributed by atoms with E-state index in [-0.39, 0.29) is 0 Å². The van der Waals surface area contributed by atoms with Crippen molar-refractivity contribution in [2.45, 2.75) is 123 Å². The lowest BCUT2D eigenvalue weighted by Gasteiger charge is -2.03. The van der Waals surface area contributed by atoms with E-state index >= 15 is 0 Å². The zero-order valence-electron chi connectivity index (χ0n) is 21.4. The van der Waals surface area contributed by atoms with Gasteiger partial charge < -0.3 is 0 Å². The molecule has 0 atom stereocenters. The molecule has 0 amide bonds. The van der Waals surface area contributed by atoms with Crippen molar-refractivity contribution in [3.8, 4) is 11.1 Å². The molecule has 0 bridgehead atoms. The first-order valence-corrected chi connectivity index (χ1v) is 14.6. The van der Waals surface area contributed by atoms with Crippen LogP contribution in [0, 0.1) is 0 Å². The van der Waals surface area contributed by atoms with Crippen LogP contribution in [0.15, 0.2) is 49.1 Å². The molecule has 0 aliphatic heterocycles. The molecular formula is C30H50N2S+2. The molecule has 3 heteroatoms. The van der Waals surface area contributed by atoms with E-state index in [0.29, 0.717) is 0 Å². The number of nitrogens with zero attached hydrogens (tertiary/aromatic N) is 2. The third-order valence-corrected chi connectivity index (χ3v) is 7.03. The topological polar surface area (TPSA) is 7.76 Å². The number of aromatic nitrogens is 2. The standard InChI is InChI=1S/C30H49N2S/c1-2-3-4-5-6-7-8-9-10-11-12-15-22-31-24-18-29(19-25-31)30-20-26-32(27-21-30)23-16-13-14-17-28-33/h18-21,24-27H,2-17,22-23,28H2,1H3/q+1/p+1. The highest BCUT2D eigenvalue weighted by Gasteiger charge is 2.06. The fourth-order valence-corrected chi connectivity index (χ4v) is 4.72. The SMILES string of the molecule is CCCCCCCCCCCCCC[n+]1ccc(-c2cc[n+](CCCCCCS)cc2)cc1. The molecule has 0 aliphatic rings. The van der Waals surface area contributed by atoms with Crippen LogP contribution in [-0.4, -0.2) is 5.75 Å². The van der Waals surface area contributed by atoms with Crippen molar-refractivity contribution in [1.82, 2.24) is 0 Å². The monoisotopic (exact) mass is 470 g/mol. The van der Waals surface area contributed by atoms with E-state index in [1.165, 1.54) is 114 Å². The molecule has 2 aromatic heterocycles. The first-order valence-electron chi connectivity index (χ1n) is 13.9. The third-order valence-electron chi connectivity index (χ3n) is 6.71. The fraction of sp³-hybridized carbons (Fsp3) is 0.667. The Hall–Kier alpha value is -1.35. The van der Waals surface area contributed by atoms with Gasteiger partial charge in [-0.25, -0.2) is 9.13 Å². The average Bonchev–Trinajstić information content (AvgIpc) is 2.85. The number of unbranched alkanes of at least 4 members (excludes halogenated alkanes) is 14. The maximum atomic E-state index is 4.29. The Morgan fingerprint density at radius 3 is 1.18 bits per heavy atom. The largest absolute Gasteiger partial charge is 0.205 e. The van der Waals surface area contributed by atoms with Crippen molar-refractivity contribution in [3.63, 3.8) is 0 Å². The maximum Gasteiger partial charge on any atom is 0.169 e. The van der Waals surface area contributed by atoms with Crippen molar-refractivity contribution in [2.24, 2.45) is 0 Å². The van der Waals surface area contributed by atoms with Crippen LogP contribution in [-0.2, 0) is 13.1 Å². The Balaban J connectivity index is 1.55. The van der Waals surface area contributed by atoms with Gasteiger partial charge >= 0.3 is 0 Å². The van der Waals surface area contributed by atoms with Crippen LogP contribution in [0.1, 0.15) is 110 Å². The van der Waals surface area contributed by atoms with Gasteiger partial charge in [-0.1, -0.05) is 77.6 Å². The first-order chi connectivity index (χ1) is 16.3. The minimum Gasteiger partial charge on any atom is -0.205 e. The van der Waals surface area contributed by atoms with E-state index in [9.17, 15) is 0 Å². The Morgan fingerprint density at radius 1 is 0.485 bits per heavy atom.